The normalized spacial score (nSPS) is 17.4. The van der Waals surface area contributed by atoms with Crippen LogP contribution in [-0.2, 0) is 13.1 Å². The predicted molar refractivity (Wildman–Crippen MR) is 101 cm³/mol. The first-order valence-corrected chi connectivity index (χ1v) is 10.2. The van der Waals surface area contributed by atoms with Crippen molar-refractivity contribution < 1.29 is 4.79 Å². The largest absolute Gasteiger partial charge is 0.352 e. The van der Waals surface area contributed by atoms with Gasteiger partial charge >= 0.3 is 0 Å². The molecule has 3 aromatic rings. The quantitative estimate of drug-likeness (QED) is 0.722. The summed E-state index contributed by atoms with van der Waals surface area (Å²) in [4.78, 5) is 15.9. The van der Waals surface area contributed by atoms with Crippen LogP contribution in [0.15, 0.2) is 46.6 Å². The SMILES string of the molecule is O=C(NCC[C@@H]1CN(Cc2cccs2)Cc2ccnn21)c1ccsc1. The molecule has 130 valence electrons. The molecule has 0 bridgehead atoms. The van der Waals surface area contributed by atoms with E-state index in [1.54, 1.807) is 22.7 Å². The van der Waals surface area contributed by atoms with Gasteiger partial charge < -0.3 is 5.32 Å². The maximum Gasteiger partial charge on any atom is 0.252 e. The number of rotatable bonds is 6. The number of thiophene rings is 2. The van der Waals surface area contributed by atoms with Gasteiger partial charge in [0.05, 0.1) is 11.7 Å². The summed E-state index contributed by atoms with van der Waals surface area (Å²) in [6, 6.07) is 8.53. The smallest absolute Gasteiger partial charge is 0.252 e. The van der Waals surface area contributed by atoms with Crippen molar-refractivity contribution in [2.75, 3.05) is 13.1 Å². The zero-order valence-corrected chi connectivity index (χ0v) is 15.4. The van der Waals surface area contributed by atoms with Gasteiger partial charge in [-0.15, -0.1) is 11.3 Å². The van der Waals surface area contributed by atoms with E-state index in [-0.39, 0.29) is 5.91 Å². The molecule has 0 saturated heterocycles. The molecule has 1 aliphatic heterocycles. The Kier molecular flexibility index (Phi) is 4.96. The number of nitrogens with zero attached hydrogens (tertiary/aromatic N) is 3. The lowest BCUT2D eigenvalue weighted by atomic mass is 10.1. The van der Waals surface area contributed by atoms with Crippen LogP contribution in [0.25, 0.3) is 0 Å². The molecule has 4 heterocycles. The molecule has 3 aromatic heterocycles. The standard InChI is InChI=1S/C18H20N4OS2/c23-18(14-5-9-24-13-14)19-6-3-15-10-21(12-17-2-1-8-25-17)11-16-4-7-20-22(15)16/h1-2,4-5,7-9,13,15H,3,6,10-12H2,(H,19,23)/t15-/m1/s1. The Morgan fingerprint density at radius 2 is 2.28 bits per heavy atom. The summed E-state index contributed by atoms with van der Waals surface area (Å²) in [5.74, 6) is 0.00758. The molecule has 4 rings (SSSR count). The summed E-state index contributed by atoms with van der Waals surface area (Å²) in [6.45, 7) is 3.52. The first-order valence-electron chi connectivity index (χ1n) is 8.37. The Morgan fingerprint density at radius 1 is 1.32 bits per heavy atom. The maximum absolute atomic E-state index is 12.1. The third-order valence-electron chi connectivity index (χ3n) is 4.46. The van der Waals surface area contributed by atoms with Crippen molar-refractivity contribution in [2.24, 2.45) is 0 Å². The molecule has 1 atom stereocenters. The zero-order chi connectivity index (χ0) is 17.1. The Morgan fingerprint density at radius 3 is 3.08 bits per heavy atom. The maximum atomic E-state index is 12.1. The molecule has 0 fully saturated rings. The summed E-state index contributed by atoms with van der Waals surface area (Å²) in [5, 5.41) is 13.5. The topological polar surface area (TPSA) is 50.2 Å². The number of nitrogens with one attached hydrogen (secondary N) is 1. The Labute approximate surface area is 154 Å². The highest BCUT2D eigenvalue weighted by Gasteiger charge is 2.25. The third kappa shape index (κ3) is 3.84. The summed E-state index contributed by atoms with van der Waals surface area (Å²) in [7, 11) is 0. The Hall–Kier alpha value is -1.96. The van der Waals surface area contributed by atoms with Crippen molar-refractivity contribution in [1.29, 1.82) is 0 Å². The molecule has 7 heteroatoms. The molecule has 0 saturated carbocycles. The van der Waals surface area contributed by atoms with E-state index >= 15 is 0 Å². The summed E-state index contributed by atoms with van der Waals surface area (Å²) in [6.07, 6.45) is 2.76. The molecule has 1 N–H and O–H groups in total. The molecule has 25 heavy (non-hydrogen) atoms. The minimum atomic E-state index is 0.00758. The van der Waals surface area contributed by atoms with Gasteiger partial charge in [-0.2, -0.15) is 16.4 Å². The number of carbonyl (C=O) groups excluding carboxylic acids is 1. The Bertz CT molecular complexity index is 810. The molecule has 0 aromatic carbocycles. The lowest BCUT2D eigenvalue weighted by Crippen LogP contribution is -2.38. The number of fused-ring (bicyclic) bond motifs is 1. The van der Waals surface area contributed by atoms with Crippen molar-refractivity contribution >= 4 is 28.6 Å². The van der Waals surface area contributed by atoms with Crippen LogP contribution in [0.5, 0.6) is 0 Å². The average Bonchev–Trinajstić information content (AvgIpc) is 3.36. The van der Waals surface area contributed by atoms with Crippen LogP contribution in [0.1, 0.15) is 33.4 Å². The molecule has 0 aliphatic carbocycles. The minimum absolute atomic E-state index is 0.00758. The predicted octanol–water partition coefficient (Wildman–Crippen LogP) is 3.38. The van der Waals surface area contributed by atoms with Gasteiger partial charge in [0.25, 0.3) is 5.91 Å². The van der Waals surface area contributed by atoms with Crippen LogP contribution in [0.2, 0.25) is 0 Å². The van der Waals surface area contributed by atoms with E-state index in [0.717, 1.165) is 31.6 Å². The fourth-order valence-corrected chi connectivity index (χ4v) is 4.65. The zero-order valence-electron chi connectivity index (χ0n) is 13.8. The van der Waals surface area contributed by atoms with Gasteiger partial charge in [0.2, 0.25) is 0 Å². The van der Waals surface area contributed by atoms with E-state index in [9.17, 15) is 4.79 Å². The van der Waals surface area contributed by atoms with E-state index in [1.807, 2.05) is 23.0 Å². The highest BCUT2D eigenvalue weighted by molar-refractivity contribution is 7.09. The first-order chi connectivity index (χ1) is 12.3. The number of hydrogen-bond acceptors (Lipinski definition) is 5. The van der Waals surface area contributed by atoms with Crippen molar-refractivity contribution in [3.05, 3.63) is 62.7 Å². The average molecular weight is 373 g/mol. The van der Waals surface area contributed by atoms with Crippen LogP contribution in [0.4, 0.5) is 0 Å². The summed E-state index contributed by atoms with van der Waals surface area (Å²) < 4.78 is 2.13. The van der Waals surface area contributed by atoms with Crippen LogP contribution in [-0.4, -0.2) is 33.7 Å². The van der Waals surface area contributed by atoms with Gasteiger partial charge in [-0.25, -0.2) is 0 Å². The van der Waals surface area contributed by atoms with Crippen molar-refractivity contribution in [1.82, 2.24) is 20.0 Å². The second-order valence-corrected chi connectivity index (χ2v) is 8.04. The van der Waals surface area contributed by atoms with E-state index in [4.69, 9.17) is 0 Å². The molecular weight excluding hydrogens is 352 g/mol. The summed E-state index contributed by atoms with van der Waals surface area (Å²) in [5.41, 5.74) is 1.99. The van der Waals surface area contributed by atoms with Crippen LogP contribution >= 0.6 is 22.7 Å². The highest BCUT2D eigenvalue weighted by Crippen LogP contribution is 2.25. The number of aromatic nitrogens is 2. The van der Waals surface area contributed by atoms with Crippen molar-refractivity contribution in [3.8, 4) is 0 Å². The van der Waals surface area contributed by atoms with Gasteiger partial charge in [0, 0.05) is 48.2 Å². The lowest BCUT2D eigenvalue weighted by Gasteiger charge is -2.33. The monoisotopic (exact) mass is 372 g/mol. The number of amides is 1. The molecule has 0 unspecified atom stereocenters. The van der Waals surface area contributed by atoms with Crippen molar-refractivity contribution in [2.45, 2.75) is 25.6 Å². The van der Waals surface area contributed by atoms with Gasteiger partial charge in [0.15, 0.2) is 0 Å². The number of carbonyl (C=O) groups is 1. The van der Waals surface area contributed by atoms with Crippen LogP contribution in [0.3, 0.4) is 0 Å². The first kappa shape index (κ1) is 16.5. The van der Waals surface area contributed by atoms with Gasteiger partial charge in [0.1, 0.15) is 0 Å². The fraction of sp³-hybridized carbons (Fsp3) is 0.333. The number of hydrogen-bond donors (Lipinski definition) is 1. The Balaban J connectivity index is 1.37. The van der Waals surface area contributed by atoms with Gasteiger partial charge in [-0.1, -0.05) is 6.07 Å². The van der Waals surface area contributed by atoms with E-state index < -0.39 is 0 Å². The minimum Gasteiger partial charge on any atom is -0.352 e. The van der Waals surface area contributed by atoms with Crippen LogP contribution in [0, 0.1) is 0 Å². The second-order valence-electron chi connectivity index (χ2n) is 6.23. The van der Waals surface area contributed by atoms with E-state index in [0.29, 0.717) is 12.6 Å². The molecule has 1 amide bonds. The molecule has 0 radical (unpaired) electrons. The van der Waals surface area contributed by atoms with E-state index in [2.05, 4.69) is 43.6 Å². The molecule has 5 nitrogen and oxygen atoms in total. The molecule has 0 spiro atoms. The molecule has 1 aliphatic rings. The second kappa shape index (κ2) is 7.51. The van der Waals surface area contributed by atoms with Gasteiger partial charge in [-0.3, -0.25) is 14.4 Å². The highest BCUT2D eigenvalue weighted by atomic mass is 32.1. The van der Waals surface area contributed by atoms with Gasteiger partial charge in [-0.05, 0) is 35.4 Å². The van der Waals surface area contributed by atoms with E-state index in [1.165, 1.54) is 10.6 Å². The molecular formula is C18H20N4OS2. The van der Waals surface area contributed by atoms with Crippen LogP contribution < -0.4 is 5.32 Å². The summed E-state index contributed by atoms with van der Waals surface area (Å²) >= 11 is 3.34. The lowest BCUT2D eigenvalue weighted by molar-refractivity contribution is 0.0947. The van der Waals surface area contributed by atoms with Crippen molar-refractivity contribution in [3.63, 3.8) is 0 Å². The third-order valence-corrected chi connectivity index (χ3v) is 6.00. The fourth-order valence-electron chi connectivity index (χ4n) is 3.27.